The van der Waals surface area contributed by atoms with Gasteiger partial charge in [0.1, 0.15) is 5.84 Å². The Labute approximate surface area is 182 Å². The first-order chi connectivity index (χ1) is 14.4. The van der Waals surface area contributed by atoms with Crippen LogP contribution in [0, 0.1) is 25.2 Å². The number of unbranched alkanes of at least 4 members (excludes halogenated alkanes) is 2. The maximum Gasteiger partial charge on any atom is 0.136 e. The fourth-order valence-corrected chi connectivity index (χ4v) is 3.87. The Kier molecular flexibility index (Phi) is 8.42. The van der Waals surface area contributed by atoms with Crippen LogP contribution >= 0.6 is 0 Å². The molecule has 0 radical (unpaired) electrons. The molecular formula is C27H35N3. The summed E-state index contributed by atoms with van der Waals surface area (Å²) in [6, 6.07) is 10.9. The van der Waals surface area contributed by atoms with Gasteiger partial charge in [0, 0.05) is 25.2 Å². The fraction of sp³-hybridized carbons (Fsp3) is 0.407. The van der Waals surface area contributed by atoms with Gasteiger partial charge < -0.3 is 4.90 Å². The van der Waals surface area contributed by atoms with Gasteiger partial charge in [-0.15, -0.1) is 0 Å². The van der Waals surface area contributed by atoms with Gasteiger partial charge in [0.25, 0.3) is 0 Å². The molecule has 3 heteroatoms. The molecule has 0 bridgehead atoms. The SMILES string of the molecule is C=Cc1c(CCCCC)cc(CC)cc1/N=C(/c1cc(C)c(C#N)c(C)c1)N(C)C. The number of aryl methyl sites for hydroxylation is 4. The van der Waals surface area contributed by atoms with E-state index in [1.165, 1.54) is 30.4 Å². The molecule has 0 heterocycles. The van der Waals surface area contributed by atoms with E-state index in [2.05, 4.69) is 50.8 Å². The molecule has 0 fully saturated rings. The summed E-state index contributed by atoms with van der Waals surface area (Å²) in [5.74, 6) is 0.890. The van der Waals surface area contributed by atoms with Crippen LogP contribution in [0.2, 0.25) is 0 Å². The summed E-state index contributed by atoms with van der Waals surface area (Å²) in [7, 11) is 4.03. The normalized spacial score (nSPS) is 11.3. The summed E-state index contributed by atoms with van der Waals surface area (Å²) in [5, 5.41) is 9.42. The molecule has 0 aliphatic rings. The largest absolute Gasteiger partial charge is 0.362 e. The molecule has 2 aromatic rings. The van der Waals surface area contributed by atoms with Gasteiger partial charge in [-0.1, -0.05) is 45.4 Å². The summed E-state index contributed by atoms with van der Waals surface area (Å²) < 4.78 is 0. The maximum atomic E-state index is 9.42. The molecule has 0 atom stereocenters. The third-order valence-electron chi connectivity index (χ3n) is 5.52. The Morgan fingerprint density at radius 1 is 1.10 bits per heavy atom. The zero-order valence-electron chi connectivity index (χ0n) is 19.5. The van der Waals surface area contributed by atoms with Crippen LogP contribution in [0.15, 0.2) is 35.8 Å². The lowest BCUT2D eigenvalue weighted by atomic mass is 9.95. The topological polar surface area (TPSA) is 39.4 Å². The summed E-state index contributed by atoms with van der Waals surface area (Å²) in [6.07, 6.45) is 7.61. The van der Waals surface area contributed by atoms with Crippen molar-refractivity contribution >= 4 is 17.6 Å². The third kappa shape index (κ3) is 5.39. The molecule has 0 unspecified atom stereocenters. The molecule has 0 aliphatic carbocycles. The van der Waals surface area contributed by atoms with Crippen molar-refractivity contribution < 1.29 is 0 Å². The van der Waals surface area contributed by atoms with Crippen LogP contribution in [0.1, 0.15) is 72.1 Å². The molecule has 0 saturated heterocycles. The predicted molar refractivity (Wildman–Crippen MR) is 130 cm³/mol. The van der Waals surface area contributed by atoms with Crippen LogP contribution in [-0.4, -0.2) is 24.8 Å². The second kappa shape index (κ2) is 10.8. The van der Waals surface area contributed by atoms with Gasteiger partial charge >= 0.3 is 0 Å². The highest BCUT2D eigenvalue weighted by atomic mass is 15.1. The van der Waals surface area contributed by atoms with Crippen LogP contribution in [0.3, 0.4) is 0 Å². The average molecular weight is 402 g/mol. The molecule has 0 amide bonds. The van der Waals surface area contributed by atoms with E-state index in [0.717, 1.165) is 52.2 Å². The Balaban J connectivity index is 2.66. The second-order valence-corrected chi connectivity index (χ2v) is 8.13. The first kappa shape index (κ1) is 23.4. The zero-order valence-corrected chi connectivity index (χ0v) is 19.5. The Morgan fingerprint density at radius 3 is 2.27 bits per heavy atom. The summed E-state index contributed by atoms with van der Waals surface area (Å²) in [4.78, 5) is 7.17. The smallest absolute Gasteiger partial charge is 0.136 e. The lowest BCUT2D eigenvalue weighted by Crippen LogP contribution is -2.23. The second-order valence-electron chi connectivity index (χ2n) is 8.13. The van der Waals surface area contributed by atoms with Gasteiger partial charge in [-0.3, -0.25) is 0 Å². The molecule has 30 heavy (non-hydrogen) atoms. The van der Waals surface area contributed by atoms with E-state index in [1.54, 1.807) is 0 Å². The van der Waals surface area contributed by atoms with Crippen LogP contribution in [0.25, 0.3) is 6.08 Å². The minimum Gasteiger partial charge on any atom is -0.362 e. The van der Waals surface area contributed by atoms with Gasteiger partial charge in [-0.05, 0) is 73.6 Å². The molecule has 0 saturated carbocycles. The predicted octanol–water partition coefficient (Wildman–Crippen LogP) is 6.75. The van der Waals surface area contributed by atoms with Gasteiger partial charge in [-0.25, -0.2) is 4.99 Å². The van der Waals surface area contributed by atoms with E-state index in [9.17, 15) is 5.26 Å². The molecule has 2 aromatic carbocycles. The van der Waals surface area contributed by atoms with Crippen LogP contribution < -0.4 is 0 Å². The van der Waals surface area contributed by atoms with Gasteiger partial charge in [0.15, 0.2) is 0 Å². The highest BCUT2D eigenvalue weighted by Gasteiger charge is 2.14. The molecular weight excluding hydrogens is 366 g/mol. The zero-order chi connectivity index (χ0) is 22.3. The van der Waals surface area contributed by atoms with Crippen molar-refractivity contribution in [3.63, 3.8) is 0 Å². The van der Waals surface area contributed by atoms with E-state index in [0.29, 0.717) is 0 Å². The van der Waals surface area contributed by atoms with Crippen molar-refractivity contribution in [2.75, 3.05) is 14.1 Å². The van der Waals surface area contributed by atoms with Gasteiger partial charge in [0.2, 0.25) is 0 Å². The number of hydrogen-bond donors (Lipinski definition) is 0. The monoisotopic (exact) mass is 401 g/mol. The number of benzene rings is 2. The van der Waals surface area contributed by atoms with Crippen molar-refractivity contribution in [2.45, 2.75) is 59.8 Å². The van der Waals surface area contributed by atoms with Crippen molar-refractivity contribution in [2.24, 2.45) is 4.99 Å². The fourth-order valence-electron chi connectivity index (χ4n) is 3.87. The Hall–Kier alpha value is -2.86. The number of hydrogen-bond acceptors (Lipinski definition) is 2. The molecule has 0 aromatic heterocycles. The van der Waals surface area contributed by atoms with Gasteiger partial charge in [-0.2, -0.15) is 5.26 Å². The van der Waals surface area contributed by atoms with Crippen LogP contribution in [-0.2, 0) is 12.8 Å². The highest BCUT2D eigenvalue weighted by Crippen LogP contribution is 2.30. The van der Waals surface area contributed by atoms with Crippen molar-refractivity contribution in [1.29, 1.82) is 5.26 Å². The number of nitrogens with zero attached hydrogens (tertiary/aromatic N) is 3. The molecule has 158 valence electrons. The van der Waals surface area contributed by atoms with E-state index >= 15 is 0 Å². The first-order valence-electron chi connectivity index (χ1n) is 10.9. The molecule has 0 aliphatic heterocycles. The van der Waals surface area contributed by atoms with Crippen molar-refractivity contribution in [3.8, 4) is 6.07 Å². The summed E-state index contributed by atoms with van der Waals surface area (Å²) >= 11 is 0. The Morgan fingerprint density at radius 2 is 1.77 bits per heavy atom. The van der Waals surface area contributed by atoms with Crippen molar-refractivity contribution in [3.05, 3.63) is 69.8 Å². The van der Waals surface area contributed by atoms with Gasteiger partial charge in [0.05, 0.1) is 17.3 Å². The summed E-state index contributed by atoms with van der Waals surface area (Å²) in [5.41, 5.74) is 8.47. The molecule has 3 nitrogen and oxygen atoms in total. The maximum absolute atomic E-state index is 9.42. The Bertz CT molecular complexity index is 951. The number of rotatable bonds is 8. The number of nitriles is 1. The van der Waals surface area contributed by atoms with Crippen LogP contribution in [0.5, 0.6) is 0 Å². The summed E-state index contributed by atoms with van der Waals surface area (Å²) in [6.45, 7) is 12.5. The van der Waals surface area contributed by atoms with E-state index in [4.69, 9.17) is 4.99 Å². The molecule has 0 N–H and O–H groups in total. The number of aliphatic imine (C=N–C) groups is 1. The van der Waals surface area contributed by atoms with Crippen molar-refractivity contribution in [1.82, 2.24) is 4.90 Å². The standard InChI is InChI=1S/C27H35N3/c1-8-11-12-13-22-16-21(9-2)17-26(24(22)10-3)29-27(30(6)7)23-14-19(4)25(18-28)20(5)15-23/h10,14-17H,3,8-9,11-13H2,1-2,4-7H3/b29-27-. The quantitative estimate of drug-likeness (QED) is 0.279. The van der Waals surface area contributed by atoms with E-state index < -0.39 is 0 Å². The lowest BCUT2D eigenvalue weighted by Gasteiger charge is -2.19. The van der Waals surface area contributed by atoms with Crippen LogP contribution in [0.4, 0.5) is 5.69 Å². The highest BCUT2D eigenvalue weighted by molar-refractivity contribution is 6.01. The number of amidine groups is 1. The average Bonchev–Trinajstić information content (AvgIpc) is 2.71. The van der Waals surface area contributed by atoms with E-state index in [-0.39, 0.29) is 0 Å². The molecule has 0 spiro atoms. The molecule has 2 rings (SSSR count). The minimum atomic E-state index is 0.745. The lowest BCUT2D eigenvalue weighted by molar-refractivity contribution is 0.624. The first-order valence-corrected chi connectivity index (χ1v) is 10.9. The van der Waals surface area contributed by atoms with E-state index in [1.807, 2.05) is 38.9 Å². The minimum absolute atomic E-state index is 0.745. The third-order valence-corrected chi connectivity index (χ3v) is 5.52.